The van der Waals surface area contributed by atoms with Crippen molar-refractivity contribution in [2.24, 2.45) is 5.92 Å². The van der Waals surface area contributed by atoms with Crippen LogP contribution in [0.4, 0.5) is 0 Å². The van der Waals surface area contributed by atoms with Crippen LogP contribution in [0.1, 0.15) is 64.2 Å². The van der Waals surface area contributed by atoms with Gasteiger partial charge in [-0.1, -0.05) is 0 Å². The number of amides is 2. The first-order chi connectivity index (χ1) is 16.4. The van der Waals surface area contributed by atoms with Crippen LogP contribution in [0.25, 0.3) is 0 Å². The van der Waals surface area contributed by atoms with E-state index < -0.39 is 36.8 Å². The normalized spacial score (nSPS) is 23.1. The van der Waals surface area contributed by atoms with Gasteiger partial charge in [0.05, 0.1) is 5.92 Å². The third-order valence-electron chi connectivity index (χ3n) is 6.69. The second kappa shape index (κ2) is 12.7. The van der Waals surface area contributed by atoms with Gasteiger partial charge in [0.1, 0.15) is 12.1 Å². The molecule has 0 spiro atoms. The molecule has 0 bridgehead atoms. The van der Waals surface area contributed by atoms with Gasteiger partial charge in [0.2, 0.25) is 18.6 Å². The van der Waals surface area contributed by atoms with Gasteiger partial charge in [-0.15, -0.1) is 0 Å². The summed E-state index contributed by atoms with van der Waals surface area (Å²) < 4.78 is 15.4. The summed E-state index contributed by atoms with van der Waals surface area (Å²) in [6.45, 7) is 1.45. The van der Waals surface area contributed by atoms with Gasteiger partial charge in [-0.05, 0) is 51.4 Å². The molecule has 2 amide bonds. The molecule has 11 heteroatoms. The molecule has 2 atom stereocenters. The van der Waals surface area contributed by atoms with E-state index in [2.05, 4.69) is 0 Å². The van der Waals surface area contributed by atoms with Crippen LogP contribution >= 0.6 is 0 Å². The molecule has 3 aliphatic rings. The molecule has 0 aliphatic carbocycles. The number of nitrogens with zero attached hydrogens (tertiary/aromatic N) is 2. The van der Waals surface area contributed by atoms with Crippen LogP contribution in [-0.4, -0.2) is 89.8 Å². The van der Waals surface area contributed by atoms with Crippen molar-refractivity contribution in [3.8, 4) is 0 Å². The average Bonchev–Trinajstić information content (AvgIpc) is 3.52. The van der Waals surface area contributed by atoms with Gasteiger partial charge in [-0.2, -0.15) is 0 Å². The number of aliphatic carboxylic acids is 1. The Balaban J connectivity index is 1.34. The van der Waals surface area contributed by atoms with Crippen LogP contribution in [0, 0.1) is 5.92 Å². The van der Waals surface area contributed by atoms with E-state index in [1.54, 1.807) is 0 Å². The predicted octanol–water partition coefficient (Wildman–Crippen LogP) is 1.08. The zero-order chi connectivity index (χ0) is 24.5. The van der Waals surface area contributed by atoms with Crippen molar-refractivity contribution in [2.45, 2.75) is 76.3 Å². The summed E-state index contributed by atoms with van der Waals surface area (Å²) in [7, 11) is 0. The van der Waals surface area contributed by atoms with Crippen LogP contribution in [0.15, 0.2) is 0 Å². The SMILES string of the molecule is O=C(OCOC(=O)C1CCCN1C(=O)CCCCC(=O)N1CCCC1C(=O)O)C1CCOCC1. The van der Waals surface area contributed by atoms with Gasteiger partial charge in [0, 0.05) is 39.1 Å². The maximum Gasteiger partial charge on any atom is 0.331 e. The Morgan fingerprint density at radius 2 is 1.29 bits per heavy atom. The van der Waals surface area contributed by atoms with E-state index >= 15 is 0 Å². The number of likely N-dealkylation sites (tertiary alicyclic amines) is 2. The lowest BCUT2D eigenvalue weighted by molar-refractivity contribution is -0.175. The second-order valence-corrected chi connectivity index (χ2v) is 8.97. The Labute approximate surface area is 198 Å². The molecule has 0 aromatic rings. The molecule has 0 aromatic heterocycles. The zero-order valence-electron chi connectivity index (χ0n) is 19.4. The zero-order valence-corrected chi connectivity index (χ0v) is 19.4. The minimum absolute atomic E-state index is 0.185. The van der Waals surface area contributed by atoms with Crippen LogP contribution < -0.4 is 0 Å². The number of ether oxygens (including phenoxy) is 3. The van der Waals surface area contributed by atoms with E-state index in [4.69, 9.17) is 14.2 Å². The summed E-state index contributed by atoms with van der Waals surface area (Å²) in [5.74, 6) is -2.61. The number of esters is 2. The fourth-order valence-corrected chi connectivity index (χ4v) is 4.76. The summed E-state index contributed by atoms with van der Waals surface area (Å²) in [5.41, 5.74) is 0. The smallest absolute Gasteiger partial charge is 0.331 e. The van der Waals surface area contributed by atoms with Crippen molar-refractivity contribution >= 4 is 29.7 Å². The minimum atomic E-state index is -0.980. The highest BCUT2D eigenvalue weighted by atomic mass is 16.7. The van der Waals surface area contributed by atoms with Gasteiger partial charge in [-0.25, -0.2) is 9.59 Å². The van der Waals surface area contributed by atoms with Crippen molar-refractivity contribution in [3.05, 3.63) is 0 Å². The largest absolute Gasteiger partial charge is 0.480 e. The van der Waals surface area contributed by atoms with Crippen molar-refractivity contribution < 1.29 is 43.3 Å². The summed E-state index contributed by atoms with van der Waals surface area (Å²) in [6.07, 6.45) is 4.82. The molecule has 34 heavy (non-hydrogen) atoms. The Bertz CT molecular complexity index is 766. The van der Waals surface area contributed by atoms with Crippen LogP contribution in [0.3, 0.4) is 0 Å². The number of carboxylic acids is 1. The standard InChI is InChI=1S/C23H34N2O9/c26-19(24-11-3-5-17(24)21(28)29)7-1-2-8-20(27)25-12-4-6-18(25)23(31)34-15-33-22(30)16-9-13-32-14-10-16/h16-18H,1-15H2,(H,28,29). The van der Waals surface area contributed by atoms with E-state index in [-0.39, 0.29) is 30.6 Å². The van der Waals surface area contributed by atoms with Crippen molar-refractivity contribution in [1.29, 1.82) is 0 Å². The highest BCUT2D eigenvalue weighted by Crippen LogP contribution is 2.22. The van der Waals surface area contributed by atoms with Gasteiger partial charge in [0.15, 0.2) is 0 Å². The van der Waals surface area contributed by atoms with E-state index in [1.807, 2.05) is 0 Å². The fraction of sp³-hybridized carbons (Fsp3) is 0.783. The highest BCUT2D eigenvalue weighted by Gasteiger charge is 2.36. The van der Waals surface area contributed by atoms with E-state index in [9.17, 15) is 29.1 Å². The highest BCUT2D eigenvalue weighted by molar-refractivity contribution is 5.86. The Hall–Kier alpha value is -2.69. The molecule has 3 rings (SSSR count). The average molecular weight is 483 g/mol. The van der Waals surface area contributed by atoms with Crippen molar-refractivity contribution in [2.75, 3.05) is 33.1 Å². The van der Waals surface area contributed by atoms with Gasteiger partial charge < -0.3 is 29.1 Å². The van der Waals surface area contributed by atoms with E-state index in [0.717, 1.165) is 0 Å². The molecule has 2 unspecified atom stereocenters. The Kier molecular flexibility index (Phi) is 9.67. The number of carboxylic acid groups (broad SMARTS) is 1. The van der Waals surface area contributed by atoms with Crippen LogP contribution in [0.5, 0.6) is 0 Å². The van der Waals surface area contributed by atoms with Gasteiger partial charge in [-0.3, -0.25) is 14.4 Å². The first-order valence-corrected chi connectivity index (χ1v) is 12.1. The molecule has 190 valence electrons. The molecule has 0 aromatic carbocycles. The lowest BCUT2D eigenvalue weighted by Crippen LogP contribution is -2.41. The van der Waals surface area contributed by atoms with Crippen molar-refractivity contribution in [3.63, 3.8) is 0 Å². The minimum Gasteiger partial charge on any atom is -0.480 e. The van der Waals surface area contributed by atoms with E-state index in [0.29, 0.717) is 77.7 Å². The third-order valence-corrected chi connectivity index (χ3v) is 6.69. The second-order valence-electron chi connectivity index (χ2n) is 8.97. The Morgan fingerprint density at radius 3 is 1.88 bits per heavy atom. The third kappa shape index (κ3) is 6.91. The lowest BCUT2D eigenvalue weighted by atomic mass is 10.0. The number of rotatable bonds is 10. The molecule has 0 saturated carbocycles. The van der Waals surface area contributed by atoms with Gasteiger partial charge in [0.25, 0.3) is 0 Å². The molecule has 3 aliphatic heterocycles. The molecular formula is C23H34N2O9. The summed E-state index contributed by atoms with van der Waals surface area (Å²) >= 11 is 0. The Morgan fingerprint density at radius 1 is 0.765 bits per heavy atom. The first-order valence-electron chi connectivity index (χ1n) is 12.1. The van der Waals surface area contributed by atoms with Crippen LogP contribution in [-0.2, 0) is 38.2 Å². The predicted molar refractivity (Wildman–Crippen MR) is 116 cm³/mol. The number of hydrogen-bond acceptors (Lipinski definition) is 8. The molecular weight excluding hydrogens is 448 g/mol. The lowest BCUT2D eigenvalue weighted by Gasteiger charge is -2.24. The summed E-state index contributed by atoms with van der Waals surface area (Å²) in [4.78, 5) is 63.5. The first kappa shape index (κ1) is 25.9. The summed E-state index contributed by atoms with van der Waals surface area (Å²) in [6, 6.07) is -1.45. The fourth-order valence-electron chi connectivity index (χ4n) is 4.76. The number of unbranched alkanes of at least 4 members (excludes halogenated alkanes) is 1. The molecule has 0 radical (unpaired) electrons. The molecule has 3 fully saturated rings. The maximum atomic E-state index is 12.6. The molecule has 3 heterocycles. The van der Waals surface area contributed by atoms with Gasteiger partial charge >= 0.3 is 17.9 Å². The number of carbonyl (C=O) groups excluding carboxylic acids is 4. The molecule has 1 N–H and O–H groups in total. The van der Waals surface area contributed by atoms with Crippen LogP contribution in [0.2, 0.25) is 0 Å². The molecule has 11 nitrogen and oxygen atoms in total. The maximum absolute atomic E-state index is 12.6. The van der Waals surface area contributed by atoms with Crippen molar-refractivity contribution in [1.82, 2.24) is 9.80 Å². The quantitative estimate of drug-likeness (QED) is 0.275. The molecule has 3 saturated heterocycles. The monoisotopic (exact) mass is 482 g/mol. The van der Waals surface area contributed by atoms with E-state index in [1.165, 1.54) is 9.80 Å². The topological polar surface area (TPSA) is 140 Å². The number of carbonyl (C=O) groups is 5. The summed E-state index contributed by atoms with van der Waals surface area (Å²) in [5, 5.41) is 9.20. The number of hydrogen-bond donors (Lipinski definition) is 1.